The number of rotatable bonds is 4. The van der Waals surface area contributed by atoms with E-state index in [1.165, 1.54) is 12.1 Å². The van der Waals surface area contributed by atoms with Crippen molar-refractivity contribution in [2.75, 3.05) is 26.7 Å². The molecule has 2 bridgehead atoms. The summed E-state index contributed by atoms with van der Waals surface area (Å²) in [4.78, 5) is 13.9. The van der Waals surface area contributed by atoms with Crippen LogP contribution < -0.4 is 5.73 Å². The summed E-state index contributed by atoms with van der Waals surface area (Å²) in [5, 5.41) is 0. The summed E-state index contributed by atoms with van der Waals surface area (Å²) in [5.74, 6) is -0.365. The van der Waals surface area contributed by atoms with Crippen molar-refractivity contribution in [3.05, 3.63) is 35.1 Å². The van der Waals surface area contributed by atoms with Crippen molar-refractivity contribution in [1.29, 1.82) is 0 Å². The zero-order chi connectivity index (χ0) is 16.6. The number of primary amides is 1. The molecule has 0 spiro atoms. The van der Waals surface area contributed by atoms with Crippen LogP contribution in [-0.2, 0) is 10.3 Å². The number of carbonyl (C=O) groups is 1. The summed E-state index contributed by atoms with van der Waals surface area (Å²) in [5.41, 5.74) is 5.62. The molecule has 1 aliphatic heterocycles. The van der Waals surface area contributed by atoms with Crippen molar-refractivity contribution >= 4 is 18.3 Å². The highest BCUT2D eigenvalue weighted by Gasteiger charge is 2.54. The SMILES string of the molecule is CCOC1(c2cc(C(N)=O)ccc2F)C2CCCC1CN(C)C2.Cl. The van der Waals surface area contributed by atoms with Gasteiger partial charge in [-0.2, -0.15) is 0 Å². The lowest BCUT2D eigenvalue weighted by molar-refractivity contribution is -0.181. The topological polar surface area (TPSA) is 55.6 Å². The first-order chi connectivity index (χ1) is 11.0. The van der Waals surface area contributed by atoms with Crippen molar-refractivity contribution in [2.45, 2.75) is 31.8 Å². The molecule has 2 fully saturated rings. The minimum absolute atomic E-state index is 0. The number of halogens is 2. The number of likely N-dealkylation sites (tertiary alicyclic amines) is 1. The van der Waals surface area contributed by atoms with E-state index in [1.54, 1.807) is 6.07 Å². The number of amides is 1. The number of benzene rings is 1. The van der Waals surface area contributed by atoms with Gasteiger partial charge in [0.15, 0.2) is 0 Å². The molecule has 4 nitrogen and oxygen atoms in total. The van der Waals surface area contributed by atoms with Crippen LogP contribution in [-0.4, -0.2) is 37.6 Å². The van der Waals surface area contributed by atoms with E-state index in [1.807, 2.05) is 6.92 Å². The summed E-state index contributed by atoms with van der Waals surface area (Å²) in [7, 11) is 2.11. The molecule has 1 heterocycles. The zero-order valence-corrected chi connectivity index (χ0v) is 15.1. The Balaban J connectivity index is 0.00000208. The minimum atomic E-state index is -0.644. The molecule has 0 radical (unpaired) electrons. The van der Waals surface area contributed by atoms with E-state index in [9.17, 15) is 9.18 Å². The molecule has 0 aromatic heterocycles. The van der Waals surface area contributed by atoms with Crippen molar-refractivity contribution in [1.82, 2.24) is 4.90 Å². The van der Waals surface area contributed by atoms with Crippen LogP contribution in [0, 0.1) is 17.7 Å². The Bertz CT molecular complexity index is 597. The van der Waals surface area contributed by atoms with E-state index >= 15 is 0 Å². The molecule has 1 amide bonds. The Morgan fingerprint density at radius 1 is 1.38 bits per heavy atom. The summed E-state index contributed by atoms with van der Waals surface area (Å²) in [6, 6.07) is 4.42. The summed E-state index contributed by atoms with van der Waals surface area (Å²) < 4.78 is 21.0. The largest absolute Gasteiger partial charge is 0.370 e. The Kier molecular flexibility index (Phi) is 5.89. The van der Waals surface area contributed by atoms with Crippen molar-refractivity contribution in [3.63, 3.8) is 0 Å². The molecular formula is C18H26ClFN2O2. The third-order valence-electron chi connectivity index (χ3n) is 5.44. The smallest absolute Gasteiger partial charge is 0.248 e. The van der Waals surface area contributed by atoms with Gasteiger partial charge in [0, 0.05) is 42.7 Å². The fraction of sp³-hybridized carbons (Fsp3) is 0.611. The fourth-order valence-electron chi connectivity index (χ4n) is 4.62. The van der Waals surface area contributed by atoms with Gasteiger partial charge in [-0.15, -0.1) is 12.4 Å². The van der Waals surface area contributed by atoms with Gasteiger partial charge in [-0.05, 0) is 45.0 Å². The summed E-state index contributed by atoms with van der Waals surface area (Å²) >= 11 is 0. The predicted octanol–water partition coefficient (Wildman–Crippen LogP) is 2.94. The van der Waals surface area contributed by atoms with Crippen LogP contribution in [0.25, 0.3) is 0 Å². The van der Waals surface area contributed by atoms with Crippen LogP contribution in [0.2, 0.25) is 0 Å². The monoisotopic (exact) mass is 356 g/mol. The maximum atomic E-state index is 14.7. The molecule has 1 aromatic carbocycles. The molecule has 1 aliphatic carbocycles. The molecule has 2 atom stereocenters. The average molecular weight is 357 g/mol. The second kappa shape index (κ2) is 7.38. The van der Waals surface area contributed by atoms with Gasteiger partial charge in [0.05, 0.1) is 0 Å². The van der Waals surface area contributed by atoms with Crippen LogP contribution in [0.15, 0.2) is 18.2 Å². The molecule has 1 saturated carbocycles. The van der Waals surface area contributed by atoms with Crippen LogP contribution >= 0.6 is 12.4 Å². The van der Waals surface area contributed by atoms with Gasteiger partial charge >= 0.3 is 0 Å². The number of nitrogens with zero attached hydrogens (tertiary/aromatic N) is 1. The highest BCUT2D eigenvalue weighted by Crippen LogP contribution is 2.52. The van der Waals surface area contributed by atoms with Gasteiger partial charge in [-0.1, -0.05) is 6.42 Å². The quantitative estimate of drug-likeness (QED) is 0.902. The number of hydrogen-bond acceptors (Lipinski definition) is 3. The van der Waals surface area contributed by atoms with E-state index in [0.29, 0.717) is 17.7 Å². The number of carbonyl (C=O) groups excluding carboxylic acids is 1. The van der Waals surface area contributed by atoms with E-state index in [0.717, 1.165) is 32.4 Å². The average Bonchev–Trinajstić information content (AvgIpc) is 2.48. The molecule has 6 heteroatoms. The van der Waals surface area contributed by atoms with Crippen LogP contribution in [0.1, 0.15) is 42.1 Å². The molecular weight excluding hydrogens is 331 g/mol. The number of fused-ring (bicyclic) bond motifs is 2. The van der Waals surface area contributed by atoms with Crippen LogP contribution in [0.5, 0.6) is 0 Å². The van der Waals surface area contributed by atoms with Gasteiger partial charge in [0.25, 0.3) is 0 Å². The third kappa shape index (κ3) is 3.05. The highest BCUT2D eigenvalue weighted by atomic mass is 35.5. The lowest BCUT2D eigenvalue weighted by Crippen LogP contribution is -2.59. The lowest BCUT2D eigenvalue weighted by atomic mass is 9.62. The van der Waals surface area contributed by atoms with Crippen LogP contribution in [0.4, 0.5) is 4.39 Å². The number of hydrogen-bond donors (Lipinski definition) is 1. The van der Waals surface area contributed by atoms with Crippen molar-refractivity contribution < 1.29 is 13.9 Å². The lowest BCUT2D eigenvalue weighted by Gasteiger charge is -2.55. The van der Waals surface area contributed by atoms with Gasteiger partial charge < -0.3 is 15.4 Å². The van der Waals surface area contributed by atoms with Gasteiger partial charge in [0.2, 0.25) is 5.91 Å². The first-order valence-corrected chi connectivity index (χ1v) is 8.41. The van der Waals surface area contributed by atoms with Gasteiger partial charge in [-0.25, -0.2) is 4.39 Å². The normalized spacial score (nSPS) is 29.8. The molecule has 3 rings (SSSR count). The highest BCUT2D eigenvalue weighted by molar-refractivity contribution is 5.93. The number of nitrogens with two attached hydrogens (primary N) is 1. The van der Waals surface area contributed by atoms with Gasteiger partial charge in [-0.3, -0.25) is 4.79 Å². The zero-order valence-electron chi connectivity index (χ0n) is 14.3. The summed E-state index contributed by atoms with van der Waals surface area (Å²) in [6.07, 6.45) is 3.18. The Labute approximate surface area is 148 Å². The fourth-order valence-corrected chi connectivity index (χ4v) is 4.62. The van der Waals surface area contributed by atoms with Gasteiger partial charge in [0.1, 0.15) is 11.4 Å². The van der Waals surface area contributed by atoms with E-state index in [-0.39, 0.29) is 30.1 Å². The molecule has 1 aromatic rings. The van der Waals surface area contributed by atoms with Crippen LogP contribution in [0.3, 0.4) is 0 Å². The molecule has 2 N–H and O–H groups in total. The maximum absolute atomic E-state index is 14.7. The first kappa shape index (κ1) is 19.2. The second-order valence-corrected chi connectivity index (χ2v) is 6.83. The Morgan fingerprint density at radius 2 is 2.00 bits per heavy atom. The molecule has 2 aliphatic rings. The molecule has 24 heavy (non-hydrogen) atoms. The standard InChI is InChI=1S/C18H25FN2O2.ClH/c1-3-23-18(13-5-4-6-14(18)11-21(2)10-13)15-9-12(17(20)22)7-8-16(15)19;/h7-9,13-14H,3-6,10-11H2,1-2H3,(H2,20,22);1H. The number of piperidine rings is 1. The maximum Gasteiger partial charge on any atom is 0.248 e. The molecule has 134 valence electrons. The van der Waals surface area contributed by atoms with E-state index in [2.05, 4.69) is 11.9 Å². The first-order valence-electron chi connectivity index (χ1n) is 8.41. The van der Waals surface area contributed by atoms with Crippen molar-refractivity contribution in [3.8, 4) is 0 Å². The minimum Gasteiger partial charge on any atom is -0.370 e. The number of ether oxygens (including phenoxy) is 1. The van der Waals surface area contributed by atoms with E-state index < -0.39 is 11.5 Å². The van der Waals surface area contributed by atoms with Crippen molar-refractivity contribution in [2.24, 2.45) is 17.6 Å². The molecule has 1 saturated heterocycles. The second-order valence-electron chi connectivity index (χ2n) is 6.83. The Hall–Kier alpha value is -1.17. The molecule has 2 unspecified atom stereocenters. The third-order valence-corrected chi connectivity index (χ3v) is 5.44. The predicted molar refractivity (Wildman–Crippen MR) is 93.8 cm³/mol. The van der Waals surface area contributed by atoms with E-state index in [4.69, 9.17) is 10.5 Å². The Morgan fingerprint density at radius 3 is 2.54 bits per heavy atom. The summed E-state index contributed by atoms with van der Waals surface area (Å²) in [6.45, 7) is 4.25.